The Hall–Kier alpha value is -1.99. The molecule has 1 N–H and O–H groups in total. The van der Waals surface area contributed by atoms with Gasteiger partial charge in [0.15, 0.2) is 0 Å². The Labute approximate surface area is 132 Å². The van der Waals surface area contributed by atoms with Crippen LogP contribution in [-0.2, 0) is 19.5 Å². The van der Waals surface area contributed by atoms with Crippen LogP contribution < -0.4 is 5.32 Å². The zero-order valence-corrected chi connectivity index (χ0v) is 12.8. The maximum absolute atomic E-state index is 13.2. The summed E-state index contributed by atoms with van der Waals surface area (Å²) in [5.74, 6) is -1.02. The third-order valence-electron chi connectivity index (χ3n) is 4.73. The minimum Gasteiger partial charge on any atom is -0.408 e. The smallest absolute Gasteiger partial charge is 0.315 e. The first-order valence-corrected chi connectivity index (χ1v) is 8.09. The number of aryl methyl sites for hydroxylation is 1. The number of imidazole rings is 1. The number of rotatable bonds is 4. The van der Waals surface area contributed by atoms with Crippen molar-refractivity contribution in [3.63, 3.8) is 0 Å². The largest absolute Gasteiger partial charge is 0.408 e. The van der Waals surface area contributed by atoms with Crippen LogP contribution >= 0.6 is 0 Å². The summed E-state index contributed by atoms with van der Waals surface area (Å²) in [6, 6.07) is 0.339. The van der Waals surface area contributed by atoms with Gasteiger partial charge in [0, 0.05) is 31.7 Å². The second-order valence-electron chi connectivity index (χ2n) is 6.35. The molecule has 1 aliphatic heterocycles. The fourth-order valence-electron chi connectivity index (χ4n) is 3.39. The topological polar surface area (TPSA) is 68.8 Å². The standard InChI is InChI=1S/C15H19F2N5O/c16-15(17)5-3-10(4-6-15)13-20-21-14(23-13)19-9-11-8-18-12-2-1-7-22(11)12/h8,10H,1-7,9H2,(H,19,21). The van der Waals surface area contributed by atoms with Crippen molar-refractivity contribution in [3.05, 3.63) is 23.6 Å². The zero-order chi connectivity index (χ0) is 15.9. The van der Waals surface area contributed by atoms with Crippen molar-refractivity contribution in [2.75, 3.05) is 5.32 Å². The maximum atomic E-state index is 13.2. The van der Waals surface area contributed by atoms with Crippen molar-refractivity contribution in [1.29, 1.82) is 0 Å². The van der Waals surface area contributed by atoms with E-state index in [4.69, 9.17) is 4.42 Å². The van der Waals surface area contributed by atoms with Gasteiger partial charge in [-0.1, -0.05) is 5.10 Å². The van der Waals surface area contributed by atoms with E-state index in [0.29, 0.717) is 31.3 Å². The molecule has 124 valence electrons. The van der Waals surface area contributed by atoms with Gasteiger partial charge in [0.25, 0.3) is 0 Å². The molecule has 0 saturated heterocycles. The Morgan fingerprint density at radius 3 is 2.96 bits per heavy atom. The summed E-state index contributed by atoms with van der Waals surface area (Å²) >= 11 is 0. The van der Waals surface area contributed by atoms with E-state index < -0.39 is 5.92 Å². The second kappa shape index (κ2) is 5.58. The van der Waals surface area contributed by atoms with Gasteiger partial charge in [0.05, 0.1) is 18.4 Å². The molecular weight excluding hydrogens is 304 g/mol. The molecule has 4 rings (SSSR count). The molecule has 0 radical (unpaired) electrons. The lowest BCUT2D eigenvalue weighted by atomic mass is 9.87. The summed E-state index contributed by atoms with van der Waals surface area (Å²) in [5, 5.41) is 11.1. The molecule has 0 atom stereocenters. The molecular formula is C15H19F2N5O. The first-order valence-electron chi connectivity index (χ1n) is 8.09. The maximum Gasteiger partial charge on any atom is 0.315 e. The van der Waals surface area contributed by atoms with Crippen LogP contribution in [0.2, 0.25) is 0 Å². The monoisotopic (exact) mass is 323 g/mol. The molecule has 0 spiro atoms. The number of alkyl halides is 2. The van der Waals surface area contributed by atoms with E-state index in [2.05, 4.69) is 25.1 Å². The van der Waals surface area contributed by atoms with Gasteiger partial charge >= 0.3 is 6.01 Å². The molecule has 0 aromatic carbocycles. The second-order valence-corrected chi connectivity index (χ2v) is 6.35. The van der Waals surface area contributed by atoms with Crippen molar-refractivity contribution >= 4 is 6.01 Å². The molecule has 1 saturated carbocycles. The van der Waals surface area contributed by atoms with Crippen molar-refractivity contribution in [2.24, 2.45) is 0 Å². The van der Waals surface area contributed by atoms with Crippen LogP contribution in [0.15, 0.2) is 10.6 Å². The summed E-state index contributed by atoms with van der Waals surface area (Å²) in [6.07, 6.45) is 4.59. The van der Waals surface area contributed by atoms with Gasteiger partial charge in [0.2, 0.25) is 11.8 Å². The highest BCUT2D eigenvalue weighted by molar-refractivity contribution is 5.21. The van der Waals surface area contributed by atoms with E-state index >= 15 is 0 Å². The van der Waals surface area contributed by atoms with Crippen molar-refractivity contribution < 1.29 is 13.2 Å². The van der Waals surface area contributed by atoms with E-state index in [-0.39, 0.29) is 18.8 Å². The highest BCUT2D eigenvalue weighted by Gasteiger charge is 2.37. The van der Waals surface area contributed by atoms with Crippen LogP contribution in [0.4, 0.5) is 14.8 Å². The summed E-state index contributed by atoms with van der Waals surface area (Å²) in [7, 11) is 0. The lowest BCUT2D eigenvalue weighted by Crippen LogP contribution is -2.23. The van der Waals surface area contributed by atoms with Crippen LogP contribution in [0, 0.1) is 0 Å². The Bertz CT molecular complexity index is 686. The van der Waals surface area contributed by atoms with Gasteiger partial charge in [-0.2, -0.15) is 0 Å². The lowest BCUT2D eigenvalue weighted by Gasteiger charge is -2.25. The SMILES string of the molecule is FC1(F)CCC(c2nnc(NCc3cnc4n3CCC4)o2)CC1. The van der Waals surface area contributed by atoms with E-state index in [1.54, 1.807) is 0 Å². The van der Waals surface area contributed by atoms with Gasteiger partial charge in [0.1, 0.15) is 5.82 Å². The van der Waals surface area contributed by atoms with Gasteiger partial charge < -0.3 is 14.3 Å². The normalized spacial score (nSPS) is 20.6. The number of anilines is 1. The summed E-state index contributed by atoms with van der Waals surface area (Å²) in [4.78, 5) is 4.39. The van der Waals surface area contributed by atoms with Crippen molar-refractivity contribution in [1.82, 2.24) is 19.7 Å². The number of aromatic nitrogens is 4. The molecule has 6 nitrogen and oxygen atoms in total. The number of hydrogen-bond donors (Lipinski definition) is 1. The zero-order valence-electron chi connectivity index (χ0n) is 12.8. The van der Waals surface area contributed by atoms with Crippen LogP contribution in [-0.4, -0.2) is 25.7 Å². The molecule has 2 aromatic heterocycles. The van der Waals surface area contributed by atoms with Crippen molar-refractivity contribution in [3.8, 4) is 0 Å². The highest BCUT2D eigenvalue weighted by Crippen LogP contribution is 2.40. The number of halogens is 2. The Morgan fingerprint density at radius 2 is 2.13 bits per heavy atom. The molecule has 0 unspecified atom stereocenters. The minimum atomic E-state index is -2.54. The third kappa shape index (κ3) is 2.94. The quantitative estimate of drug-likeness (QED) is 0.936. The van der Waals surface area contributed by atoms with Crippen LogP contribution in [0.1, 0.15) is 55.4 Å². The number of nitrogens with zero attached hydrogens (tertiary/aromatic N) is 4. The molecule has 23 heavy (non-hydrogen) atoms. The van der Waals surface area contributed by atoms with E-state index in [1.807, 2.05) is 6.20 Å². The molecule has 1 aliphatic carbocycles. The molecule has 1 fully saturated rings. The molecule has 2 aromatic rings. The van der Waals surface area contributed by atoms with Gasteiger partial charge in [-0.15, -0.1) is 5.10 Å². The fourth-order valence-corrected chi connectivity index (χ4v) is 3.39. The third-order valence-corrected chi connectivity index (χ3v) is 4.73. The summed E-state index contributed by atoms with van der Waals surface area (Å²) < 4.78 is 34.2. The van der Waals surface area contributed by atoms with E-state index in [0.717, 1.165) is 30.9 Å². The summed E-state index contributed by atoms with van der Waals surface area (Å²) in [6.45, 7) is 1.56. The molecule has 3 heterocycles. The number of nitrogens with one attached hydrogen (secondary N) is 1. The van der Waals surface area contributed by atoms with E-state index in [9.17, 15) is 8.78 Å². The number of hydrogen-bond acceptors (Lipinski definition) is 5. The Morgan fingerprint density at radius 1 is 1.30 bits per heavy atom. The van der Waals surface area contributed by atoms with Gasteiger partial charge in [-0.05, 0) is 19.3 Å². The molecule has 2 aliphatic rings. The van der Waals surface area contributed by atoms with Gasteiger partial charge in [-0.3, -0.25) is 0 Å². The highest BCUT2D eigenvalue weighted by atomic mass is 19.3. The lowest BCUT2D eigenvalue weighted by molar-refractivity contribution is -0.0398. The molecule has 0 bridgehead atoms. The van der Waals surface area contributed by atoms with Crippen LogP contribution in [0.25, 0.3) is 0 Å². The Kier molecular flexibility index (Phi) is 3.54. The first-order chi connectivity index (χ1) is 11.1. The minimum absolute atomic E-state index is 0.0584. The predicted molar refractivity (Wildman–Crippen MR) is 78.3 cm³/mol. The fraction of sp³-hybridized carbons (Fsp3) is 0.667. The van der Waals surface area contributed by atoms with E-state index in [1.165, 1.54) is 0 Å². The average molecular weight is 323 g/mol. The average Bonchev–Trinajstić information content (AvgIpc) is 3.22. The number of fused-ring (bicyclic) bond motifs is 1. The molecule has 0 amide bonds. The van der Waals surface area contributed by atoms with Crippen LogP contribution in [0.3, 0.4) is 0 Å². The summed E-state index contributed by atoms with van der Waals surface area (Å²) in [5.41, 5.74) is 1.09. The Balaban J connectivity index is 1.37. The predicted octanol–water partition coefficient (Wildman–Crippen LogP) is 3.12. The van der Waals surface area contributed by atoms with Crippen molar-refractivity contribution in [2.45, 2.75) is 63.5 Å². The van der Waals surface area contributed by atoms with Gasteiger partial charge in [-0.25, -0.2) is 13.8 Å². The molecule has 8 heteroatoms. The first kappa shape index (κ1) is 14.6. The van der Waals surface area contributed by atoms with Crippen LogP contribution in [0.5, 0.6) is 0 Å².